The zero-order valence-electron chi connectivity index (χ0n) is 10.8. The third-order valence-electron chi connectivity index (χ3n) is 2.62. The van der Waals surface area contributed by atoms with Gasteiger partial charge in [-0.25, -0.2) is 0 Å². The number of carbonyl (C=O) groups is 1. The maximum Gasteiger partial charge on any atom is 0.241 e. The average Bonchev–Trinajstić information content (AvgIpc) is 2.30. The van der Waals surface area contributed by atoms with Crippen LogP contribution in [0.1, 0.15) is 13.8 Å². The molecule has 0 aromatic heterocycles. The molecule has 0 aliphatic heterocycles. The van der Waals surface area contributed by atoms with Gasteiger partial charge >= 0.3 is 0 Å². The Bertz CT molecular complexity index is 377. The predicted octanol–water partition coefficient (Wildman–Crippen LogP) is 1.88. The molecular formula is C13H20N2O2. The van der Waals surface area contributed by atoms with Gasteiger partial charge in [-0.3, -0.25) is 4.79 Å². The molecule has 1 amide bonds. The number of anilines is 1. The monoisotopic (exact) mass is 236 g/mol. The lowest BCUT2D eigenvalue weighted by atomic mass is 10.0. The SMILES string of the molecule is CNC(C(=O)Nc1ccccc1OC)C(C)C. The molecule has 0 fully saturated rings. The Balaban J connectivity index is 2.80. The molecule has 2 N–H and O–H groups in total. The summed E-state index contributed by atoms with van der Waals surface area (Å²) < 4.78 is 5.18. The number of rotatable bonds is 5. The minimum Gasteiger partial charge on any atom is -0.495 e. The standard InChI is InChI=1S/C13H20N2O2/c1-9(2)12(14-3)13(16)15-10-7-5-6-8-11(10)17-4/h5-9,12,14H,1-4H3,(H,15,16). The zero-order valence-corrected chi connectivity index (χ0v) is 10.8. The molecule has 1 atom stereocenters. The molecule has 1 aromatic rings. The first kappa shape index (κ1) is 13.5. The first-order chi connectivity index (χ1) is 8.10. The van der Waals surface area contributed by atoms with Crippen LogP contribution in [0.2, 0.25) is 0 Å². The van der Waals surface area contributed by atoms with Crippen molar-refractivity contribution in [3.8, 4) is 5.75 Å². The second-order valence-corrected chi connectivity index (χ2v) is 4.20. The Kier molecular flexibility index (Phi) is 4.97. The average molecular weight is 236 g/mol. The van der Waals surface area contributed by atoms with Crippen LogP contribution >= 0.6 is 0 Å². The van der Waals surface area contributed by atoms with Crippen LogP contribution in [-0.4, -0.2) is 26.1 Å². The van der Waals surface area contributed by atoms with Crippen LogP contribution in [0.25, 0.3) is 0 Å². The van der Waals surface area contributed by atoms with E-state index in [-0.39, 0.29) is 17.9 Å². The summed E-state index contributed by atoms with van der Waals surface area (Å²) in [4.78, 5) is 12.0. The van der Waals surface area contributed by atoms with Gasteiger partial charge in [0, 0.05) is 0 Å². The minimum absolute atomic E-state index is 0.0491. The van der Waals surface area contributed by atoms with E-state index in [1.54, 1.807) is 14.2 Å². The van der Waals surface area contributed by atoms with Crippen molar-refractivity contribution in [2.75, 3.05) is 19.5 Å². The maximum atomic E-state index is 12.0. The predicted molar refractivity (Wildman–Crippen MR) is 69.3 cm³/mol. The Labute approximate surface area is 102 Å². The van der Waals surface area contributed by atoms with Gasteiger partial charge in [0.05, 0.1) is 18.8 Å². The number of likely N-dealkylation sites (N-methyl/N-ethyl adjacent to an activating group) is 1. The molecule has 0 aliphatic rings. The van der Waals surface area contributed by atoms with Gasteiger partial charge in [0.15, 0.2) is 0 Å². The van der Waals surface area contributed by atoms with E-state index in [9.17, 15) is 4.79 Å². The molecule has 4 heteroatoms. The number of para-hydroxylation sites is 2. The van der Waals surface area contributed by atoms with E-state index in [1.807, 2.05) is 38.1 Å². The van der Waals surface area contributed by atoms with Crippen molar-refractivity contribution in [1.29, 1.82) is 0 Å². The molecule has 0 radical (unpaired) electrons. The lowest BCUT2D eigenvalue weighted by Gasteiger charge is -2.20. The summed E-state index contributed by atoms with van der Waals surface area (Å²) in [6, 6.07) is 7.16. The largest absolute Gasteiger partial charge is 0.495 e. The summed E-state index contributed by atoms with van der Waals surface area (Å²) in [5.74, 6) is 0.848. The summed E-state index contributed by atoms with van der Waals surface area (Å²) >= 11 is 0. The van der Waals surface area contributed by atoms with Gasteiger partial charge in [0.25, 0.3) is 0 Å². The first-order valence-corrected chi connectivity index (χ1v) is 5.71. The Morgan fingerprint density at radius 1 is 1.29 bits per heavy atom. The van der Waals surface area contributed by atoms with Gasteiger partial charge in [-0.2, -0.15) is 0 Å². The number of amides is 1. The first-order valence-electron chi connectivity index (χ1n) is 5.71. The number of ether oxygens (including phenoxy) is 1. The van der Waals surface area contributed by atoms with Crippen molar-refractivity contribution in [3.63, 3.8) is 0 Å². The summed E-state index contributed by atoms with van der Waals surface area (Å²) in [5, 5.41) is 5.87. The molecule has 0 saturated heterocycles. The van der Waals surface area contributed by atoms with E-state index in [0.29, 0.717) is 11.4 Å². The van der Waals surface area contributed by atoms with Crippen LogP contribution in [0, 0.1) is 5.92 Å². The van der Waals surface area contributed by atoms with Crippen molar-refractivity contribution in [2.45, 2.75) is 19.9 Å². The Morgan fingerprint density at radius 2 is 1.94 bits per heavy atom. The molecule has 4 nitrogen and oxygen atoms in total. The van der Waals surface area contributed by atoms with Crippen molar-refractivity contribution in [2.24, 2.45) is 5.92 Å². The van der Waals surface area contributed by atoms with Crippen LogP contribution in [0.3, 0.4) is 0 Å². The number of hydrogen-bond donors (Lipinski definition) is 2. The third kappa shape index (κ3) is 3.46. The number of hydrogen-bond acceptors (Lipinski definition) is 3. The highest BCUT2D eigenvalue weighted by atomic mass is 16.5. The van der Waals surface area contributed by atoms with Crippen LogP contribution in [0.4, 0.5) is 5.69 Å². The highest BCUT2D eigenvalue weighted by Gasteiger charge is 2.20. The smallest absolute Gasteiger partial charge is 0.241 e. The normalized spacial score (nSPS) is 12.3. The van der Waals surface area contributed by atoms with E-state index < -0.39 is 0 Å². The van der Waals surface area contributed by atoms with E-state index in [0.717, 1.165) is 0 Å². The van der Waals surface area contributed by atoms with Crippen LogP contribution < -0.4 is 15.4 Å². The third-order valence-corrected chi connectivity index (χ3v) is 2.62. The molecule has 1 unspecified atom stereocenters. The second kappa shape index (κ2) is 6.25. The molecule has 0 aliphatic carbocycles. The summed E-state index contributed by atoms with van der Waals surface area (Å²) in [5.41, 5.74) is 0.695. The van der Waals surface area contributed by atoms with Crippen molar-refractivity contribution >= 4 is 11.6 Å². The zero-order chi connectivity index (χ0) is 12.8. The van der Waals surface area contributed by atoms with Crippen LogP contribution in [0.15, 0.2) is 24.3 Å². The minimum atomic E-state index is -0.208. The van der Waals surface area contributed by atoms with Crippen LogP contribution in [-0.2, 0) is 4.79 Å². The lowest BCUT2D eigenvalue weighted by molar-refractivity contribution is -0.118. The molecule has 0 spiro atoms. The molecular weight excluding hydrogens is 216 g/mol. The van der Waals surface area contributed by atoms with E-state index in [1.165, 1.54) is 0 Å². The molecule has 17 heavy (non-hydrogen) atoms. The maximum absolute atomic E-state index is 12.0. The fourth-order valence-corrected chi connectivity index (χ4v) is 1.73. The van der Waals surface area contributed by atoms with Crippen molar-refractivity contribution < 1.29 is 9.53 Å². The van der Waals surface area contributed by atoms with Gasteiger partial charge in [0.1, 0.15) is 5.75 Å². The lowest BCUT2D eigenvalue weighted by Crippen LogP contribution is -2.42. The number of carbonyl (C=O) groups excluding carboxylic acids is 1. The number of benzene rings is 1. The van der Waals surface area contributed by atoms with E-state index >= 15 is 0 Å². The Morgan fingerprint density at radius 3 is 2.47 bits per heavy atom. The molecule has 94 valence electrons. The molecule has 1 rings (SSSR count). The van der Waals surface area contributed by atoms with E-state index in [4.69, 9.17) is 4.74 Å². The second-order valence-electron chi connectivity index (χ2n) is 4.20. The van der Waals surface area contributed by atoms with E-state index in [2.05, 4.69) is 10.6 Å². The molecule has 0 bridgehead atoms. The van der Waals surface area contributed by atoms with Gasteiger partial charge in [0.2, 0.25) is 5.91 Å². The van der Waals surface area contributed by atoms with Gasteiger partial charge < -0.3 is 15.4 Å². The molecule has 0 heterocycles. The Hall–Kier alpha value is -1.55. The topological polar surface area (TPSA) is 50.4 Å². The van der Waals surface area contributed by atoms with Crippen molar-refractivity contribution in [3.05, 3.63) is 24.3 Å². The fraction of sp³-hybridized carbons (Fsp3) is 0.462. The summed E-state index contributed by atoms with van der Waals surface area (Å²) in [6.45, 7) is 4.01. The quantitative estimate of drug-likeness (QED) is 0.820. The van der Waals surface area contributed by atoms with Gasteiger partial charge in [-0.1, -0.05) is 26.0 Å². The highest BCUT2D eigenvalue weighted by Crippen LogP contribution is 2.23. The van der Waals surface area contributed by atoms with Crippen LogP contribution in [0.5, 0.6) is 5.75 Å². The van der Waals surface area contributed by atoms with Crippen molar-refractivity contribution in [1.82, 2.24) is 5.32 Å². The van der Waals surface area contributed by atoms with Gasteiger partial charge in [-0.15, -0.1) is 0 Å². The van der Waals surface area contributed by atoms with Gasteiger partial charge in [-0.05, 0) is 25.1 Å². The number of methoxy groups -OCH3 is 1. The fourth-order valence-electron chi connectivity index (χ4n) is 1.73. The highest BCUT2D eigenvalue weighted by molar-refractivity contribution is 5.96. The summed E-state index contributed by atoms with van der Waals surface area (Å²) in [7, 11) is 3.37. The molecule has 1 aromatic carbocycles. The summed E-state index contributed by atoms with van der Waals surface area (Å²) in [6.07, 6.45) is 0. The molecule has 0 saturated carbocycles. The number of nitrogens with one attached hydrogen (secondary N) is 2.